The van der Waals surface area contributed by atoms with Crippen LogP contribution in [0.4, 0.5) is 4.39 Å². The monoisotopic (exact) mass is 357 g/mol. The average molecular weight is 357 g/mol. The van der Waals surface area contributed by atoms with Crippen molar-refractivity contribution in [1.82, 2.24) is 5.32 Å². The normalized spacial score (nSPS) is 23.1. The van der Waals surface area contributed by atoms with Crippen molar-refractivity contribution in [2.75, 3.05) is 19.7 Å². The van der Waals surface area contributed by atoms with Crippen molar-refractivity contribution in [2.45, 2.75) is 44.5 Å². The van der Waals surface area contributed by atoms with Crippen LogP contribution in [-0.4, -0.2) is 25.8 Å². The van der Waals surface area contributed by atoms with E-state index in [0.29, 0.717) is 13.2 Å². The smallest absolute Gasteiger partial charge is 0.123 e. The van der Waals surface area contributed by atoms with Crippen molar-refractivity contribution in [2.24, 2.45) is 0 Å². The molecular formula is C22H28FNO2. The summed E-state index contributed by atoms with van der Waals surface area (Å²) in [5.41, 5.74) is 1.54. The maximum atomic E-state index is 13.5. The number of ether oxygens (including phenoxy) is 2. The first kappa shape index (κ1) is 19.0. The minimum absolute atomic E-state index is 0.100. The lowest BCUT2D eigenvalue weighted by Gasteiger charge is -2.44. The predicted octanol–water partition coefficient (Wildman–Crippen LogP) is 4.42. The first-order valence-corrected chi connectivity index (χ1v) is 9.51. The van der Waals surface area contributed by atoms with Crippen LogP contribution in [-0.2, 0) is 21.7 Å². The number of piperidine rings is 1. The highest BCUT2D eigenvalue weighted by Crippen LogP contribution is 2.38. The first-order valence-electron chi connectivity index (χ1n) is 9.51. The molecule has 0 bridgehead atoms. The second-order valence-electron chi connectivity index (χ2n) is 6.84. The molecule has 1 aliphatic rings. The molecule has 0 amide bonds. The molecule has 2 aromatic rings. The Kier molecular flexibility index (Phi) is 6.78. The molecule has 140 valence electrons. The van der Waals surface area contributed by atoms with Gasteiger partial charge in [0, 0.05) is 13.2 Å². The Morgan fingerprint density at radius 2 is 1.88 bits per heavy atom. The minimum atomic E-state index is -0.567. The topological polar surface area (TPSA) is 30.5 Å². The standard InChI is InChI=1S/C22H28FNO2/c1-2-3-15-25-21-16-24-14-13-22(21,19-9-11-20(23)12-10-19)26-17-18-7-5-4-6-8-18/h4-12,21,24H,2-3,13-17H2,1H3/t21-,22+/m0/s1. The van der Waals surface area contributed by atoms with E-state index in [1.54, 1.807) is 0 Å². The summed E-state index contributed by atoms with van der Waals surface area (Å²) in [6.45, 7) is 4.95. The summed E-state index contributed by atoms with van der Waals surface area (Å²) >= 11 is 0. The number of nitrogens with one attached hydrogen (secondary N) is 1. The molecule has 1 saturated heterocycles. The second kappa shape index (κ2) is 9.26. The van der Waals surface area contributed by atoms with Crippen LogP contribution in [0.15, 0.2) is 54.6 Å². The molecule has 0 spiro atoms. The Morgan fingerprint density at radius 3 is 2.62 bits per heavy atom. The van der Waals surface area contributed by atoms with E-state index in [2.05, 4.69) is 24.4 Å². The van der Waals surface area contributed by atoms with Crippen molar-refractivity contribution in [1.29, 1.82) is 0 Å². The van der Waals surface area contributed by atoms with Crippen molar-refractivity contribution in [3.05, 3.63) is 71.5 Å². The molecule has 26 heavy (non-hydrogen) atoms. The molecule has 4 heteroatoms. The van der Waals surface area contributed by atoms with Gasteiger partial charge in [0.25, 0.3) is 0 Å². The Balaban J connectivity index is 1.86. The SMILES string of the molecule is CCCCO[C@H]1CNCC[C@@]1(OCc1ccccc1)c1ccc(F)cc1. The third kappa shape index (κ3) is 4.50. The summed E-state index contributed by atoms with van der Waals surface area (Å²) in [5, 5.41) is 3.42. The Labute approximate surface area is 155 Å². The molecule has 1 fully saturated rings. The lowest BCUT2D eigenvalue weighted by molar-refractivity contribution is -0.172. The summed E-state index contributed by atoms with van der Waals surface area (Å²) in [4.78, 5) is 0. The van der Waals surface area contributed by atoms with Crippen molar-refractivity contribution in [3.63, 3.8) is 0 Å². The summed E-state index contributed by atoms with van der Waals surface area (Å²) in [7, 11) is 0. The molecular weight excluding hydrogens is 329 g/mol. The molecule has 1 aliphatic heterocycles. The van der Waals surface area contributed by atoms with E-state index in [1.165, 1.54) is 12.1 Å². The van der Waals surface area contributed by atoms with Crippen LogP contribution >= 0.6 is 0 Å². The van der Waals surface area contributed by atoms with Crippen LogP contribution in [0, 0.1) is 5.82 Å². The van der Waals surface area contributed by atoms with Gasteiger partial charge in [0.15, 0.2) is 0 Å². The fraction of sp³-hybridized carbons (Fsp3) is 0.455. The van der Waals surface area contributed by atoms with Gasteiger partial charge in [-0.3, -0.25) is 0 Å². The molecule has 3 rings (SSSR count). The highest BCUT2D eigenvalue weighted by Gasteiger charge is 2.44. The molecule has 1 N–H and O–H groups in total. The maximum Gasteiger partial charge on any atom is 0.123 e. The fourth-order valence-electron chi connectivity index (χ4n) is 3.49. The van der Waals surface area contributed by atoms with Gasteiger partial charge in [-0.15, -0.1) is 0 Å². The zero-order chi connectivity index (χ0) is 18.2. The third-order valence-corrected chi connectivity index (χ3v) is 5.01. The Hall–Kier alpha value is -1.75. The first-order chi connectivity index (χ1) is 12.7. The van der Waals surface area contributed by atoms with Crippen molar-refractivity contribution >= 4 is 0 Å². The summed E-state index contributed by atoms with van der Waals surface area (Å²) in [6, 6.07) is 16.8. The van der Waals surface area contributed by atoms with E-state index in [4.69, 9.17) is 9.47 Å². The fourth-order valence-corrected chi connectivity index (χ4v) is 3.49. The van der Waals surface area contributed by atoms with Gasteiger partial charge in [-0.05, 0) is 42.6 Å². The Bertz CT molecular complexity index is 662. The second-order valence-corrected chi connectivity index (χ2v) is 6.84. The van der Waals surface area contributed by atoms with Crippen LogP contribution in [0.25, 0.3) is 0 Å². The summed E-state index contributed by atoms with van der Waals surface area (Å²) < 4.78 is 26.3. The number of hydrogen-bond donors (Lipinski definition) is 1. The van der Waals surface area contributed by atoms with E-state index < -0.39 is 5.60 Å². The number of benzene rings is 2. The molecule has 0 aliphatic carbocycles. The van der Waals surface area contributed by atoms with Gasteiger partial charge in [0.1, 0.15) is 17.5 Å². The number of rotatable bonds is 8. The summed E-state index contributed by atoms with van der Waals surface area (Å²) in [5.74, 6) is -0.232. The molecule has 0 aromatic heterocycles. The molecule has 2 atom stereocenters. The maximum absolute atomic E-state index is 13.5. The van der Waals surface area contributed by atoms with Gasteiger partial charge in [-0.2, -0.15) is 0 Å². The third-order valence-electron chi connectivity index (χ3n) is 5.01. The minimum Gasteiger partial charge on any atom is -0.374 e. The molecule has 0 unspecified atom stereocenters. The van der Waals surface area contributed by atoms with Crippen molar-refractivity contribution < 1.29 is 13.9 Å². The van der Waals surface area contributed by atoms with E-state index in [1.807, 2.05) is 30.3 Å². The zero-order valence-corrected chi connectivity index (χ0v) is 15.4. The molecule has 1 heterocycles. The van der Waals surface area contributed by atoms with Gasteiger partial charge < -0.3 is 14.8 Å². The molecule has 2 aromatic carbocycles. The van der Waals surface area contributed by atoms with E-state index in [9.17, 15) is 4.39 Å². The van der Waals surface area contributed by atoms with Crippen molar-refractivity contribution in [3.8, 4) is 0 Å². The van der Waals surface area contributed by atoms with E-state index >= 15 is 0 Å². The predicted molar refractivity (Wildman–Crippen MR) is 101 cm³/mol. The number of unbranched alkanes of at least 4 members (excludes halogenated alkanes) is 1. The van der Waals surface area contributed by atoms with Crippen LogP contribution in [0.5, 0.6) is 0 Å². The number of hydrogen-bond acceptors (Lipinski definition) is 3. The lowest BCUT2D eigenvalue weighted by Crippen LogP contribution is -2.54. The molecule has 0 saturated carbocycles. The summed E-state index contributed by atoms with van der Waals surface area (Å²) in [6.07, 6.45) is 2.81. The van der Waals surface area contributed by atoms with Crippen LogP contribution in [0.2, 0.25) is 0 Å². The van der Waals surface area contributed by atoms with Gasteiger partial charge in [0.2, 0.25) is 0 Å². The average Bonchev–Trinajstić information content (AvgIpc) is 2.69. The molecule has 3 nitrogen and oxygen atoms in total. The largest absolute Gasteiger partial charge is 0.374 e. The van der Waals surface area contributed by atoms with Crippen LogP contribution < -0.4 is 5.32 Å². The highest BCUT2D eigenvalue weighted by atomic mass is 19.1. The zero-order valence-electron chi connectivity index (χ0n) is 15.4. The quantitative estimate of drug-likeness (QED) is 0.710. The number of halogens is 1. The van der Waals surface area contributed by atoms with Crippen LogP contribution in [0.1, 0.15) is 37.3 Å². The lowest BCUT2D eigenvalue weighted by atomic mass is 9.82. The van der Waals surface area contributed by atoms with E-state index in [-0.39, 0.29) is 11.9 Å². The highest BCUT2D eigenvalue weighted by molar-refractivity contribution is 5.27. The van der Waals surface area contributed by atoms with Gasteiger partial charge in [-0.25, -0.2) is 4.39 Å². The molecule has 0 radical (unpaired) electrons. The Morgan fingerprint density at radius 1 is 1.12 bits per heavy atom. The van der Waals surface area contributed by atoms with Gasteiger partial charge in [-0.1, -0.05) is 55.8 Å². The van der Waals surface area contributed by atoms with Crippen LogP contribution in [0.3, 0.4) is 0 Å². The van der Waals surface area contributed by atoms with Gasteiger partial charge >= 0.3 is 0 Å². The van der Waals surface area contributed by atoms with Gasteiger partial charge in [0.05, 0.1) is 6.61 Å². The van der Waals surface area contributed by atoms with E-state index in [0.717, 1.165) is 43.5 Å².